The lowest BCUT2D eigenvalue weighted by Gasteiger charge is -2.24. The van der Waals surface area contributed by atoms with Crippen molar-refractivity contribution < 1.29 is 14.3 Å². The maximum atomic E-state index is 12.6. The number of carbonyl (C=O) groups is 1. The predicted octanol–water partition coefficient (Wildman–Crippen LogP) is 2.60. The van der Waals surface area contributed by atoms with Crippen LogP contribution in [-0.4, -0.2) is 48.2 Å². The highest BCUT2D eigenvalue weighted by Gasteiger charge is 2.38. The summed E-state index contributed by atoms with van der Waals surface area (Å²) in [7, 11) is 3.19. The number of methoxy groups -OCH3 is 2. The first kappa shape index (κ1) is 17.9. The molecule has 1 heterocycles. The Bertz CT molecular complexity index is 595. The second kappa shape index (κ2) is 7.88. The average Bonchev–Trinajstić information content (AvgIpc) is 2.85. The first-order chi connectivity index (χ1) is 11.0. The van der Waals surface area contributed by atoms with Crippen molar-refractivity contribution in [1.82, 2.24) is 10.2 Å². The number of thiocarbonyl (C=S) groups is 1. The number of hydrogen-bond acceptors (Lipinski definition) is 5. The van der Waals surface area contributed by atoms with Gasteiger partial charge in [-0.05, 0) is 55.3 Å². The van der Waals surface area contributed by atoms with E-state index in [1.807, 2.05) is 31.4 Å². The van der Waals surface area contributed by atoms with Crippen molar-refractivity contribution in [2.45, 2.75) is 25.4 Å². The van der Waals surface area contributed by atoms with E-state index < -0.39 is 0 Å². The predicted molar refractivity (Wildman–Crippen MR) is 97.3 cm³/mol. The maximum Gasteiger partial charge on any atom is 0.251 e. The number of rotatable bonds is 7. The Labute approximate surface area is 146 Å². The van der Waals surface area contributed by atoms with E-state index in [0.717, 1.165) is 17.7 Å². The van der Waals surface area contributed by atoms with Gasteiger partial charge in [0.05, 0.1) is 20.3 Å². The normalized spacial score (nSPS) is 18.8. The van der Waals surface area contributed by atoms with Crippen molar-refractivity contribution in [2.75, 3.05) is 26.2 Å². The number of carbonyl (C=O) groups excluding carboxylic acids is 1. The van der Waals surface area contributed by atoms with Crippen LogP contribution in [0.4, 0.5) is 0 Å². The molecule has 0 aliphatic carbocycles. The summed E-state index contributed by atoms with van der Waals surface area (Å²) in [4.78, 5) is 14.3. The molecule has 1 saturated heterocycles. The van der Waals surface area contributed by atoms with Crippen molar-refractivity contribution in [3.8, 4) is 11.5 Å². The Morgan fingerprint density at radius 3 is 2.65 bits per heavy atom. The summed E-state index contributed by atoms with van der Waals surface area (Å²) in [5, 5.41) is 3.62. The Hall–Kier alpha value is -1.47. The molecule has 2 atom stereocenters. The summed E-state index contributed by atoms with van der Waals surface area (Å²) in [6.45, 7) is 1.96. The monoisotopic (exact) mass is 354 g/mol. The van der Waals surface area contributed by atoms with Crippen LogP contribution in [0.15, 0.2) is 18.2 Å². The molecule has 0 unspecified atom stereocenters. The highest BCUT2D eigenvalue weighted by Crippen LogP contribution is 2.33. The maximum absolute atomic E-state index is 12.6. The van der Waals surface area contributed by atoms with E-state index in [1.54, 1.807) is 30.9 Å². The highest BCUT2D eigenvalue weighted by molar-refractivity contribution is 7.98. The Morgan fingerprint density at radius 1 is 1.35 bits per heavy atom. The molecule has 1 aliphatic rings. The summed E-state index contributed by atoms with van der Waals surface area (Å²) in [5.41, 5.74) is 0.950. The molecule has 0 bridgehead atoms. The van der Waals surface area contributed by atoms with Crippen LogP contribution >= 0.6 is 24.0 Å². The fourth-order valence-corrected chi connectivity index (χ4v) is 3.47. The van der Waals surface area contributed by atoms with Crippen molar-refractivity contribution in [1.29, 1.82) is 0 Å². The van der Waals surface area contributed by atoms with Crippen LogP contribution in [0.2, 0.25) is 0 Å². The third-order valence-electron chi connectivity index (χ3n) is 3.94. The Balaban J connectivity index is 2.21. The molecule has 1 N–H and O–H groups in total. The number of thioether (sulfide) groups is 1. The molecular formula is C16H22N2O3S2. The number of benzene rings is 1. The van der Waals surface area contributed by atoms with Gasteiger partial charge in [0.2, 0.25) is 0 Å². The van der Waals surface area contributed by atoms with Crippen molar-refractivity contribution >= 4 is 35.0 Å². The van der Waals surface area contributed by atoms with E-state index in [0.29, 0.717) is 16.6 Å². The van der Waals surface area contributed by atoms with Gasteiger partial charge in [-0.2, -0.15) is 11.8 Å². The minimum atomic E-state index is -0.224. The van der Waals surface area contributed by atoms with Gasteiger partial charge in [-0.3, -0.25) is 9.69 Å². The second-order valence-corrected chi connectivity index (χ2v) is 6.65. The fourth-order valence-electron chi connectivity index (χ4n) is 2.61. The van der Waals surface area contributed by atoms with Gasteiger partial charge in [-0.1, -0.05) is 6.07 Å². The van der Waals surface area contributed by atoms with Crippen LogP contribution in [0.5, 0.6) is 11.5 Å². The van der Waals surface area contributed by atoms with E-state index >= 15 is 0 Å². The van der Waals surface area contributed by atoms with Crippen LogP contribution in [0.3, 0.4) is 0 Å². The number of ether oxygens (including phenoxy) is 2. The quantitative estimate of drug-likeness (QED) is 0.760. The lowest BCUT2D eigenvalue weighted by Crippen LogP contribution is -2.34. The number of nitrogens with zero attached hydrogens (tertiary/aromatic N) is 1. The van der Waals surface area contributed by atoms with Crippen molar-refractivity contribution in [3.63, 3.8) is 0 Å². The van der Waals surface area contributed by atoms with Crippen molar-refractivity contribution in [3.05, 3.63) is 23.8 Å². The van der Waals surface area contributed by atoms with Crippen molar-refractivity contribution in [2.24, 2.45) is 0 Å². The number of nitrogens with one attached hydrogen (secondary N) is 1. The van der Waals surface area contributed by atoms with Gasteiger partial charge in [0.15, 0.2) is 16.6 Å². The molecule has 1 aliphatic heterocycles. The van der Waals surface area contributed by atoms with E-state index in [-0.39, 0.29) is 18.0 Å². The molecule has 1 aromatic rings. The Morgan fingerprint density at radius 2 is 2.04 bits per heavy atom. The lowest BCUT2D eigenvalue weighted by atomic mass is 10.1. The first-order valence-electron chi connectivity index (χ1n) is 7.37. The van der Waals surface area contributed by atoms with Gasteiger partial charge in [0.25, 0.3) is 5.91 Å². The zero-order chi connectivity index (χ0) is 17.0. The number of amides is 1. The molecule has 7 heteroatoms. The largest absolute Gasteiger partial charge is 0.493 e. The third kappa shape index (κ3) is 3.72. The molecule has 0 radical (unpaired) electrons. The summed E-state index contributed by atoms with van der Waals surface area (Å²) < 4.78 is 10.6. The lowest BCUT2D eigenvalue weighted by molar-refractivity contribution is -0.128. The average molecular weight is 354 g/mol. The SMILES string of the molecule is COc1ccc([C@H](C)N2C(=O)[C@@H](CCSC)NC2=S)cc1OC. The van der Waals surface area contributed by atoms with Gasteiger partial charge in [0.1, 0.15) is 6.04 Å². The topological polar surface area (TPSA) is 50.8 Å². The molecular weight excluding hydrogens is 332 g/mol. The molecule has 5 nitrogen and oxygen atoms in total. The Kier molecular flexibility index (Phi) is 6.12. The highest BCUT2D eigenvalue weighted by atomic mass is 32.2. The fraction of sp³-hybridized carbons (Fsp3) is 0.500. The van der Waals surface area contributed by atoms with Gasteiger partial charge in [-0.15, -0.1) is 0 Å². The zero-order valence-electron chi connectivity index (χ0n) is 13.8. The smallest absolute Gasteiger partial charge is 0.251 e. The van der Waals surface area contributed by atoms with Crippen LogP contribution in [0.25, 0.3) is 0 Å². The molecule has 0 aromatic heterocycles. The van der Waals surface area contributed by atoms with E-state index in [2.05, 4.69) is 5.32 Å². The van der Waals surface area contributed by atoms with Crippen LogP contribution in [0, 0.1) is 0 Å². The molecule has 1 amide bonds. The van der Waals surface area contributed by atoms with E-state index in [4.69, 9.17) is 21.7 Å². The van der Waals surface area contributed by atoms with Gasteiger partial charge in [0, 0.05) is 0 Å². The standard InChI is InChI=1S/C16H22N2O3S2/c1-10(11-5-6-13(20-2)14(9-11)21-3)18-15(19)12(7-8-23-4)17-16(18)22/h5-6,9-10,12H,7-8H2,1-4H3,(H,17,22)/t10-,12+/m0/s1. The van der Waals surface area contributed by atoms with Crippen LogP contribution in [-0.2, 0) is 4.79 Å². The van der Waals surface area contributed by atoms with Gasteiger partial charge < -0.3 is 14.8 Å². The van der Waals surface area contributed by atoms with Crippen LogP contribution < -0.4 is 14.8 Å². The van der Waals surface area contributed by atoms with E-state index in [9.17, 15) is 4.79 Å². The van der Waals surface area contributed by atoms with E-state index in [1.165, 1.54) is 0 Å². The summed E-state index contributed by atoms with van der Waals surface area (Å²) >= 11 is 7.08. The van der Waals surface area contributed by atoms with Gasteiger partial charge in [-0.25, -0.2) is 0 Å². The van der Waals surface area contributed by atoms with Crippen LogP contribution in [0.1, 0.15) is 24.9 Å². The van der Waals surface area contributed by atoms with Gasteiger partial charge >= 0.3 is 0 Å². The minimum Gasteiger partial charge on any atom is -0.493 e. The molecule has 1 aromatic carbocycles. The molecule has 0 spiro atoms. The molecule has 0 saturated carbocycles. The summed E-state index contributed by atoms with van der Waals surface area (Å²) in [6.07, 6.45) is 2.80. The molecule has 23 heavy (non-hydrogen) atoms. The number of hydrogen-bond donors (Lipinski definition) is 1. The first-order valence-corrected chi connectivity index (χ1v) is 9.18. The molecule has 126 valence electrons. The summed E-state index contributed by atoms with van der Waals surface area (Å²) in [5.74, 6) is 2.26. The summed E-state index contributed by atoms with van der Waals surface area (Å²) in [6, 6.07) is 5.26. The molecule has 1 fully saturated rings. The third-order valence-corrected chi connectivity index (χ3v) is 4.90. The zero-order valence-corrected chi connectivity index (χ0v) is 15.4. The molecule has 2 rings (SSSR count). The second-order valence-electron chi connectivity index (χ2n) is 5.28. The minimum absolute atomic E-state index is 0.0336.